The fourth-order valence-electron chi connectivity index (χ4n) is 2.09. The monoisotopic (exact) mass is 267 g/mol. The van der Waals surface area contributed by atoms with Crippen molar-refractivity contribution in [2.45, 2.75) is 39.3 Å². The molecular formula is C15H25NOS. The summed E-state index contributed by atoms with van der Waals surface area (Å²) < 4.78 is 5.38. The minimum absolute atomic E-state index is 0.466. The first-order chi connectivity index (χ1) is 8.67. The molecule has 0 aliphatic heterocycles. The molecule has 2 unspecified atom stereocenters. The second-order valence-corrected chi connectivity index (χ2v) is 5.96. The lowest BCUT2D eigenvalue weighted by Crippen LogP contribution is -2.37. The van der Waals surface area contributed by atoms with Crippen LogP contribution in [0.15, 0.2) is 24.3 Å². The molecule has 0 amide bonds. The van der Waals surface area contributed by atoms with Gasteiger partial charge in [-0.2, -0.15) is 11.8 Å². The zero-order valence-corrected chi connectivity index (χ0v) is 12.7. The van der Waals surface area contributed by atoms with Gasteiger partial charge in [0.2, 0.25) is 0 Å². The lowest BCUT2D eigenvalue weighted by Gasteiger charge is -2.20. The van der Waals surface area contributed by atoms with E-state index in [1.807, 2.05) is 23.9 Å². The maximum atomic E-state index is 5.38. The fraction of sp³-hybridized carbons (Fsp3) is 0.600. The summed E-state index contributed by atoms with van der Waals surface area (Å²) in [7, 11) is 1.73. The van der Waals surface area contributed by atoms with Gasteiger partial charge < -0.3 is 10.1 Å². The highest BCUT2D eigenvalue weighted by Crippen LogP contribution is 2.19. The van der Waals surface area contributed by atoms with Crippen molar-refractivity contribution >= 4 is 11.8 Å². The van der Waals surface area contributed by atoms with Gasteiger partial charge >= 0.3 is 0 Å². The van der Waals surface area contributed by atoms with Crippen LogP contribution in [-0.4, -0.2) is 30.7 Å². The van der Waals surface area contributed by atoms with E-state index in [0.29, 0.717) is 12.1 Å². The van der Waals surface area contributed by atoms with Gasteiger partial charge in [-0.1, -0.05) is 25.1 Å². The van der Waals surface area contributed by atoms with Gasteiger partial charge in [0.15, 0.2) is 0 Å². The molecule has 0 saturated heterocycles. The number of para-hydroxylation sites is 1. The number of ether oxygens (including phenoxy) is 1. The third kappa shape index (κ3) is 5.32. The van der Waals surface area contributed by atoms with E-state index in [9.17, 15) is 0 Å². The summed E-state index contributed by atoms with van der Waals surface area (Å²) in [4.78, 5) is 0. The number of rotatable bonds is 8. The van der Waals surface area contributed by atoms with E-state index in [1.54, 1.807) is 7.11 Å². The van der Waals surface area contributed by atoms with Gasteiger partial charge in [-0.25, -0.2) is 0 Å². The quantitative estimate of drug-likeness (QED) is 0.780. The Kier molecular flexibility index (Phi) is 7.21. The predicted octanol–water partition coefficient (Wildman–Crippen LogP) is 3.36. The molecule has 2 atom stereocenters. The van der Waals surface area contributed by atoms with Crippen LogP contribution >= 0.6 is 11.8 Å². The SMILES string of the molecule is CCSCC(C)NC(C)Cc1ccccc1OC. The summed E-state index contributed by atoms with van der Waals surface area (Å²) in [5.41, 5.74) is 1.27. The Balaban J connectivity index is 2.46. The topological polar surface area (TPSA) is 21.3 Å². The highest BCUT2D eigenvalue weighted by Gasteiger charge is 2.10. The molecule has 0 aliphatic carbocycles. The third-order valence-electron chi connectivity index (χ3n) is 2.86. The zero-order chi connectivity index (χ0) is 13.4. The molecule has 1 N–H and O–H groups in total. The average Bonchev–Trinajstić information content (AvgIpc) is 2.36. The van der Waals surface area contributed by atoms with Gasteiger partial charge in [0.05, 0.1) is 7.11 Å². The summed E-state index contributed by atoms with van der Waals surface area (Å²) >= 11 is 1.98. The molecule has 0 aromatic heterocycles. The largest absolute Gasteiger partial charge is 0.496 e. The van der Waals surface area contributed by atoms with E-state index >= 15 is 0 Å². The Morgan fingerprint density at radius 2 is 1.94 bits per heavy atom. The maximum absolute atomic E-state index is 5.38. The number of hydrogen-bond donors (Lipinski definition) is 1. The summed E-state index contributed by atoms with van der Waals surface area (Å²) in [6.45, 7) is 6.69. The van der Waals surface area contributed by atoms with Crippen molar-refractivity contribution in [3.05, 3.63) is 29.8 Å². The first-order valence-electron chi connectivity index (χ1n) is 6.63. The summed E-state index contributed by atoms with van der Waals surface area (Å²) in [5.74, 6) is 3.35. The fourth-order valence-corrected chi connectivity index (χ4v) is 2.77. The highest BCUT2D eigenvalue weighted by atomic mass is 32.2. The summed E-state index contributed by atoms with van der Waals surface area (Å²) in [6.07, 6.45) is 1.01. The molecule has 1 aromatic carbocycles. The van der Waals surface area contributed by atoms with Crippen LogP contribution in [0.4, 0.5) is 0 Å². The molecule has 0 bridgehead atoms. The van der Waals surface area contributed by atoms with Gasteiger partial charge in [-0.15, -0.1) is 0 Å². The van der Waals surface area contributed by atoms with Crippen molar-refractivity contribution in [2.75, 3.05) is 18.6 Å². The van der Waals surface area contributed by atoms with Crippen LogP contribution in [0.25, 0.3) is 0 Å². The van der Waals surface area contributed by atoms with Crippen molar-refractivity contribution in [3.8, 4) is 5.75 Å². The highest BCUT2D eigenvalue weighted by molar-refractivity contribution is 7.99. The van der Waals surface area contributed by atoms with Crippen LogP contribution in [0, 0.1) is 0 Å². The van der Waals surface area contributed by atoms with Gasteiger partial charge in [0.25, 0.3) is 0 Å². The second-order valence-electron chi connectivity index (χ2n) is 4.64. The molecular weight excluding hydrogens is 242 g/mol. The third-order valence-corrected chi connectivity index (χ3v) is 4.00. The van der Waals surface area contributed by atoms with E-state index in [4.69, 9.17) is 4.74 Å². The normalized spacial score (nSPS) is 14.2. The van der Waals surface area contributed by atoms with Gasteiger partial charge in [0.1, 0.15) is 5.75 Å². The Labute approximate surface area is 116 Å². The molecule has 18 heavy (non-hydrogen) atoms. The molecule has 0 radical (unpaired) electrons. The Morgan fingerprint density at radius 1 is 1.22 bits per heavy atom. The molecule has 0 spiro atoms. The minimum Gasteiger partial charge on any atom is -0.496 e. The molecule has 1 rings (SSSR count). The van der Waals surface area contributed by atoms with Gasteiger partial charge in [0, 0.05) is 17.8 Å². The zero-order valence-electron chi connectivity index (χ0n) is 11.9. The Morgan fingerprint density at radius 3 is 2.61 bits per heavy atom. The van der Waals surface area contributed by atoms with E-state index in [2.05, 4.69) is 38.2 Å². The first kappa shape index (κ1) is 15.4. The number of hydrogen-bond acceptors (Lipinski definition) is 3. The van der Waals surface area contributed by atoms with Crippen molar-refractivity contribution < 1.29 is 4.74 Å². The molecule has 0 saturated carbocycles. The Bertz CT molecular complexity index is 343. The molecule has 0 heterocycles. The van der Waals surface area contributed by atoms with Crippen LogP contribution in [0.3, 0.4) is 0 Å². The van der Waals surface area contributed by atoms with Gasteiger partial charge in [-0.05, 0) is 37.7 Å². The number of methoxy groups -OCH3 is 1. The predicted molar refractivity (Wildman–Crippen MR) is 81.8 cm³/mol. The first-order valence-corrected chi connectivity index (χ1v) is 7.78. The number of thioether (sulfide) groups is 1. The van der Waals surface area contributed by atoms with E-state index in [-0.39, 0.29) is 0 Å². The van der Waals surface area contributed by atoms with Crippen LogP contribution in [0.5, 0.6) is 5.75 Å². The molecule has 0 aliphatic rings. The minimum atomic E-state index is 0.466. The second kappa shape index (κ2) is 8.44. The van der Waals surface area contributed by atoms with Crippen LogP contribution in [0.2, 0.25) is 0 Å². The van der Waals surface area contributed by atoms with Crippen molar-refractivity contribution in [3.63, 3.8) is 0 Å². The number of benzene rings is 1. The van der Waals surface area contributed by atoms with E-state index in [0.717, 1.165) is 12.2 Å². The lowest BCUT2D eigenvalue weighted by molar-refractivity contribution is 0.404. The van der Waals surface area contributed by atoms with Crippen molar-refractivity contribution in [2.24, 2.45) is 0 Å². The smallest absolute Gasteiger partial charge is 0.122 e. The van der Waals surface area contributed by atoms with Crippen LogP contribution in [0.1, 0.15) is 26.3 Å². The molecule has 2 nitrogen and oxygen atoms in total. The molecule has 1 aromatic rings. The number of nitrogens with one attached hydrogen (secondary N) is 1. The van der Waals surface area contributed by atoms with Crippen LogP contribution in [-0.2, 0) is 6.42 Å². The summed E-state index contributed by atoms with van der Waals surface area (Å²) in [5, 5.41) is 3.64. The van der Waals surface area contributed by atoms with Crippen molar-refractivity contribution in [1.29, 1.82) is 0 Å². The maximum Gasteiger partial charge on any atom is 0.122 e. The standard InChI is InChI=1S/C15H25NOS/c1-5-18-11-13(3)16-12(2)10-14-8-6-7-9-15(14)17-4/h6-9,12-13,16H,5,10-11H2,1-4H3. The Hall–Kier alpha value is -0.670. The average molecular weight is 267 g/mol. The van der Waals surface area contributed by atoms with Crippen molar-refractivity contribution in [1.82, 2.24) is 5.32 Å². The van der Waals surface area contributed by atoms with E-state index < -0.39 is 0 Å². The lowest BCUT2D eigenvalue weighted by atomic mass is 10.1. The summed E-state index contributed by atoms with van der Waals surface area (Å²) in [6, 6.07) is 9.27. The molecule has 102 valence electrons. The van der Waals surface area contributed by atoms with Crippen LogP contribution < -0.4 is 10.1 Å². The molecule has 0 fully saturated rings. The van der Waals surface area contributed by atoms with E-state index in [1.165, 1.54) is 17.1 Å². The van der Waals surface area contributed by atoms with Gasteiger partial charge in [-0.3, -0.25) is 0 Å². The molecule has 3 heteroatoms.